The molecule has 1 fully saturated rings. The van der Waals surface area contributed by atoms with Crippen LogP contribution in [0.25, 0.3) is 0 Å². The zero-order chi connectivity index (χ0) is 12.4. The number of rotatable bonds is 1. The number of hydrogen-bond acceptors (Lipinski definition) is 2. The topological polar surface area (TPSA) is 27.0 Å². The second-order valence-electron chi connectivity index (χ2n) is 4.98. The summed E-state index contributed by atoms with van der Waals surface area (Å²) in [4.78, 5) is 2.41. The first-order valence-corrected chi connectivity index (χ1v) is 6.87. The second-order valence-corrected chi connectivity index (χ2v) is 5.90. The maximum Gasteiger partial charge on any atom is 0.0992 e. The second kappa shape index (κ2) is 5.10. The van der Waals surface area contributed by atoms with Crippen molar-refractivity contribution < 1.29 is 0 Å². The lowest BCUT2D eigenvalue weighted by atomic mass is 9.93. The number of nitrogens with zero attached hydrogens (tertiary/aromatic N) is 2. The summed E-state index contributed by atoms with van der Waals surface area (Å²) in [6.45, 7) is 5.67. The van der Waals surface area contributed by atoms with E-state index in [0.717, 1.165) is 28.2 Å². The fraction of sp³-hybridized carbons (Fsp3) is 0.500. The smallest absolute Gasteiger partial charge is 0.0992 e. The highest BCUT2D eigenvalue weighted by Gasteiger charge is 2.23. The standard InChI is InChI=1S/C14H17BrN2/c1-10-3-4-17(11(2)5-10)14-7-12(9-16)6-13(15)8-14/h6-8,10-11H,3-5H2,1-2H3. The van der Waals surface area contributed by atoms with Gasteiger partial charge in [0.25, 0.3) is 0 Å². The van der Waals surface area contributed by atoms with Crippen molar-refractivity contribution >= 4 is 21.6 Å². The van der Waals surface area contributed by atoms with Gasteiger partial charge in [-0.25, -0.2) is 0 Å². The van der Waals surface area contributed by atoms with Crippen molar-refractivity contribution in [3.8, 4) is 6.07 Å². The average Bonchev–Trinajstić information content (AvgIpc) is 2.28. The van der Waals surface area contributed by atoms with Gasteiger partial charge in [0.1, 0.15) is 0 Å². The quantitative estimate of drug-likeness (QED) is 0.784. The first kappa shape index (κ1) is 12.4. The maximum absolute atomic E-state index is 9.00. The van der Waals surface area contributed by atoms with Crippen LogP contribution in [0.15, 0.2) is 22.7 Å². The Labute approximate surface area is 111 Å². The van der Waals surface area contributed by atoms with E-state index in [1.54, 1.807) is 0 Å². The van der Waals surface area contributed by atoms with Crippen LogP contribution in [0.4, 0.5) is 5.69 Å². The minimum absolute atomic E-state index is 0.555. The molecule has 0 aromatic heterocycles. The molecular weight excluding hydrogens is 276 g/mol. The SMILES string of the molecule is CC1CCN(c2cc(Br)cc(C#N)c2)C(C)C1. The van der Waals surface area contributed by atoms with Crippen LogP contribution in [0.3, 0.4) is 0 Å². The predicted octanol–water partition coefficient (Wildman–Crippen LogP) is 3.95. The van der Waals surface area contributed by atoms with Crippen LogP contribution in [-0.4, -0.2) is 12.6 Å². The summed E-state index contributed by atoms with van der Waals surface area (Å²) in [7, 11) is 0. The third-order valence-electron chi connectivity index (χ3n) is 3.48. The molecule has 0 radical (unpaired) electrons. The maximum atomic E-state index is 9.00. The fourth-order valence-corrected chi connectivity index (χ4v) is 3.08. The lowest BCUT2D eigenvalue weighted by Gasteiger charge is -2.38. The van der Waals surface area contributed by atoms with Gasteiger partial charge in [-0.05, 0) is 43.9 Å². The molecule has 2 nitrogen and oxygen atoms in total. The molecular formula is C14H17BrN2. The van der Waals surface area contributed by atoms with E-state index >= 15 is 0 Å². The number of anilines is 1. The first-order chi connectivity index (χ1) is 8.10. The van der Waals surface area contributed by atoms with E-state index in [1.165, 1.54) is 12.8 Å². The molecule has 1 saturated heterocycles. The van der Waals surface area contributed by atoms with Gasteiger partial charge in [0.15, 0.2) is 0 Å². The Bertz CT molecular complexity index is 450. The molecule has 2 atom stereocenters. The van der Waals surface area contributed by atoms with Crippen LogP contribution in [-0.2, 0) is 0 Å². The number of piperidine rings is 1. The van der Waals surface area contributed by atoms with Crippen molar-refractivity contribution in [2.24, 2.45) is 5.92 Å². The molecule has 1 aromatic rings. The van der Waals surface area contributed by atoms with E-state index in [-0.39, 0.29) is 0 Å². The van der Waals surface area contributed by atoms with Gasteiger partial charge in [0.05, 0.1) is 11.6 Å². The van der Waals surface area contributed by atoms with Gasteiger partial charge in [0, 0.05) is 22.7 Å². The Morgan fingerprint density at radius 2 is 2.12 bits per heavy atom. The Morgan fingerprint density at radius 3 is 2.76 bits per heavy atom. The Balaban J connectivity index is 2.28. The third kappa shape index (κ3) is 2.81. The van der Waals surface area contributed by atoms with Gasteiger partial charge in [-0.3, -0.25) is 0 Å². The molecule has 0 bridgehead atoms. The van der Waals surface area contributed by atoms with Gasteiger partial charge in [0.2, 0.25) is 0 Å². The number of benzene rings is 1. The number of hydrogen-bond donors (Lipinski definition) is 0. The zero-order valence-corrected chi connectivity index (χ0v) is 11.9. The van der Waals surface area contributed by atoms with Crippen LogP contribution >= 0.6 is 15.9 Å². The molecule has 0 N–H and O–H groups in total. The first-order valence-electron chi connectivity index (χ1n) is 6.07. The summed E-state index contributed by atoms with van der Waals surface area (Å²) >= 11 is 3.47. The molecule has 2 rings (SSSR count). The summed E-state index contributed by atoms with van der Waals surface area (Å²) in [6, 6.07) is 8.72. The van der Waals surface area contributed by atoms with Crippen LogP contribution in [0.2, 0.25) is 0 Å². The largest absolute Gasteiger partial charge is 0.369 e. The molecule has 3 heteroatoms. The Kier molecular flexibility index (Phi) is 3.73. The van der Waals surface area contributed by atoms with E-state index in [0.29, 0.717) is 6.04 Å². The highest BCUT2D eigenvalue weighted by atomic mass is 79.9. The van der Waals surface area contributed by atoms with E-state index in [1.807, 2.05) is 12.1 Å². The predicted molar refractivity (Wildman–Crippen MR) is 74.1 cm³/mol. The molecule has 0 spiro atoms. The zero-order valence-electron chi connectivity index (χ0n) is 10.3. The highest BCUT2D eigenvalue weighted by molar-refractivity contribution is 9.10. The third-order valence-corrected chi connectivity index (χ3v) is 3.94. The average molecular weight is 293 g/mol. The summed E-state index contributed by atoms with van der Waals surface area (Å²) in [5.74, 6) is 0.809. The Morgan fingerprint density at radius 1 is 1.35 bits per heavy atom. The molecule has 1 aromatic carbocycles. The molecule has 1 heterocycles. The van der Waals surface area contributed by atoms with Crippen LogP contribution < -0.4 is 4.90 Å². The monoisotopic (exact) mass is 292 g/mol. The highest BCUT2D eigenvalue weighted by Crippen LogP contribution is 2.30. The van der Waals surface area contributed by atoms with Gasteiger partial charge in [-0.2, -0.15) is 5.26 Å². The van der Waals surface area contributed by atoms with Gasteiger partial charge in [-0.15, -0.1) is 0 Å². The van der Waals surface area contributed by atoms with Crippen LogP contribution in [0, 0.1) is 17.2 Å². The summed E-state index contributed by atoms with van der Waals surface area (Å²) in [5.41, 5.74) is 1.88. The lowest BCUT2D eigenvalue weighted by molar-refractivity contribution is 0.378. The molecule has 1 aliphatic heterocycles. The summed E-state index contributed by atoms with van der Waals surface area (Å²) < 4.78 is 0.984. The normalized spacial score (nSPS) is 24.5. The number of halogens is 1. The van der Waals surface area contributed by atoms with E-state index in [2.05, 4.69) is 46.8 Å². The van der Waals surface area contributed by atoms with Crippen LogP contribution in [0.5, 0.6) is 0 Å². The molecule has 17 heavy (non-hydrogen) atoms. The molecule has 90 valence electrons. The molecule has 0 aliphatic carbocycles. The fourth-order valence-electron chi connectivity index (χ4n) is 2.60. The van der Waals surface area contributed by atoms with Crippen molar-refractivity contribution in [1.82, 2.24) is 0 Å². The molecule has 0 amide bonds. The summed E-state index contributed by atoms with van der Waals surface area (Å²) in [5, 5.41) is 9.00. The minimum Gasteiger partial charge on any atom is -0.369 e. The molecule has 2 unspecified atom stereocenters. The van der Waals surface area contributed by atoms with Crippen LogP contribution in [0.1, 0.15) is 32.3 Å². The van der Waals surface area contributed by atoms with Crippen molar-refractivity contribution in [3.63, 3.8) is 0 Å². The van der Waals surface area contributed by atoms with Gasteiger partial charge in [-0.1, -0.05) is 22.9 Å². The van der Waals surface area contributed by atoms with E-state index < -0.39 is 0 Å². The van der Waals surface area contributed by atoms with Gasteiger partial charge < -0.3 is 4.90 Å². The van der Waals surface area contributed by atoms with Crippen molar-refractivity contribution in [3.05, 3.63) is 28.2 Å². The van der Waals surface area contributed by atoms with E-state index in [4.69, 9.17) is 5.26 Å². The lowest BCUT2D eigenvalue weighted by Crippen LogP contribution is -2.40. The summed E-state index contributed by atoms with van der Waals surface area (Å²) in [6.07, 6.45) is 2.47. The molecule has 0 saturated carbocycles. The van der Waals surface area contributed by atoms with Gasteiger partial charge >= 0.3 is 0 Å². The van der Waals surface area contributed by atoms with Crippen molar-refractivity contribution in [2.45, 2.75) is 32.7 Å². The van der Waals surface area contributed by atoms with Crippen molar-refractivity contribution in [2.75, 3.05) is 11.4 Å². The number of nitriles is 1. The molecule has 1 aliphatic rings. The van der Waals surface area contributed by atoms with Crippen molar-refractivity contribution in [1.29, 1.82) is 5.26 Å². The Hall–Kier alpha value is -1.01. The minimum atomic E-state index is 0.555. The van der Waals surface area contributed by atoms with E-state index in [9.17, 15) is 0 Å².